The van der Waals surface area contributed by atoms with Crippen LogP contribution in [0.5, 0.6) is 5.75 Å². The Bertz CT molecular complexity index is 2470. The maximum atomic E-state index is 14.3. The van der Waals surface area contributed by atoms with E-state index in [0.717, 1.165) is 11.1 Å². The number of sulfonamides is 1. The Labute approximate surface area is 314 Å². The summed E-state index contributed by atoms with van der Waals surface area (Å²) in [6.07, 6.45) is 6.27. The fraction of sp³-hybridized carbons (Fsp3) is 0.225. The molecule has 1 aliphatic rings. The minimum absolute atomic E-state index is 0.0344. The lowest BCUT2D eigenvalue weighted by molar-refractivity contribution is 0.0673. The van der Waals surface area contributed by atoms with E-state index in [1.54, 1.807) is 91.2 Å². The van der Waals surface area contributed by atoms with Gasteiger partial charge in [0.05, 0.1) is 4.90 Å². The van der Waals surface area contributed by atoms with E-state index < -0.39 is 26.2 Å². The molecule has 0 radical (unpaired) electrons. The minimum atomic E-state index is -4.17. The largest absolute Gasteiger partial charge is 0.445 e. The van der Waals surface area contributed by atoms with Gasteiger partial charge in [-0.2, -0.15) is 12.7 Å². The maximum Gasteiger partial charge on any atom is 0.410 e. The summed E-state index contributed by atoms with van der Waals surface area (Å²) < 4.78 is 67.8. The van der Waals surface area contributed by atoms with Crippen molar-refractivity contribution in [3.8, 4) is 5.75 Å². The molecule has 12 nitrogen and oxygen atoms in total. The molecule has 2 aromatic heterocycles. The third-order valence-corrected chi connectivity index (χ3v) is 12.9. The zero-order chi connectivity index (χ0) is 37.7. The topological polar surface area (TPSA) is 139 Å². The summed E-state index contributed by atoms with van der Waals surface area (Å²) in [5.74, 6) is 0.127. The van der Waals surface area contributed by atoms with Crippen LogP contribution in [-0.2, 0) is 37.9 Å². The smallest absolute Gasteiger partial charge is 0.410 e. The summed E-state index contributed by atoms with van der Waals surface area (Å²) in [6, 6.07) is 29.0. The van der Waals surface area contributed by atoms with Crippen molar-refractivity contribution in [2.24, 2.45) is 0 Å². The monoisotopic (exact) mass is 765 g/mol. The van der Waals surface area contributed by atoms with Crippen LogP contribution < -0.4 is 4.18 Å². The molecule has 3 heterocycles. The number of benzene rings is 4. The van der Waals surface area contributed by atoms with Crippen LogP contribution >= 0.6 is 0 Å². The van der Waals surface area contributed by atoms with E-state index in [0.29, 0.717) is 60.7 Å². The number of fused-ring (bicyclic) bond motifs is 2. The van der Waals surface area contributed by atoms with Crippen LogP contribution in [0.1, 0.15) is 11.1 Å². The number of likely N-dealkylation sites (N-methyl/N-ethyl adjacent to an activating group) is 1. The van der Waals surface area contributed by atoms with Gasteiger partial charge < -0.3 is 13.8 Å². The van der Waals surface area contributed by atoms with Crippen molar-refractivity contribution in [1.82, 2.24) is 24.1 Å². The van der Waals surface area contributed by atoms with Gasteiger partial charge in [-0.15, -0.1) is 0 Å². The molecule has 1 aliphatic heterocycles. The van der Waals surface area contributed by atoms with Crippen LogP contribution in [0.2, 0.25) is 0 Å². The normalized spacial score (nSPS) is 14.7. The first kappa shape index (κ1) is 36.9. The van der Waals surface area contributed by atoms with Crippen LogP contribution in [0.3, 0.4) is 0 Å². The van der Waals surface area contributed by atoms with Gasteiger partial charge in [0.2, 0.25) is 10.0 Å². The Balaban J connectivity index is 1.08. The van der Waals surface area contributed by atoms with Crippen LogP contribution in [0.25, 0.3) is 21.5 Å². The van der Waals surface area contributed by atoms with Crippen LogP contribution in [0, 0.1) is 0 Å². The molecule has 0 saturated carbocycles. The van der Waals surface area contributed by atoms with Gasteiger partial charge in [0.15, 0.2) is 0 Å². The summed E-state index contributed by atoms with van der Waals surface area (Å²) in [5, 5.41) is 2.46. The van der Waals surface area contributed by atoms with E-state index in [1.165, 1.54) is 16.6 Å². The minimum Gasteiger partial charge on any atom is -0.445 e. The summed E-state index contributed by atoms with van der Waals surface area (Å²) >= 11 is 0. The highest BCUT2D eigenvalue weighted by Gasteiger charge is 2.32. The fourth-order valence-electron chi connectivity index (χ4n) is 6.63. The molecule has 1 fully saturated rings. The molecule has 14 heteroatoms. The molecule has 1 atom stereocenters. The van der Waals surface area contributed by atoms with Crippen LogP contribution in [0.4, 0.5) is 4.79 Å². The highest BCUT2D eigenvalue weighted by Crippen LogP contribution is 2.29. The molecule has 7 rings (SSSR count). The summed E-state index contributed by atoms with van der Waals surface area (Å²) in [7, 11) is -6.57. The number of nitrogens with zero attached hydrogens (tertiary/aromatic N) is 5. The van der Waals surface area contributed by atoms with Crippen molar-refractivity contribution in [3.05, 3.63) is 139 Å². The molecule has 4 aromatic carbocycles. The molecule has 6 aromatic rings. The Morgan fingerprint density at radius 3 is 1.98 bits per heavy atom. The maximum absolute atomic E-state index is 14.3. The lowest BCUT2D eigenvalue weighted by Crippen LogP contribution is -2.53. The zero-order valence-electron chi connectivity index (χ0n) is 29.6. The fourth-order valence-corrected chi connectivity index (χ4v) is 9.35. The molecular formula is C40H39N5O7S2. The number of aromatic nitrogens is 2. The SMILES string of the molecule is CN(C(Cc1ccc(OS(=O)(=O)c2cccc3cnccc23)cc1)CN1CCN(C(=O)OCc2ccccc2)CC1)S(=O)(=O)c1cccc2cnccc12. The first-order chi connectivity index (χ1) is 26.1. The second-order valence-electron chi connectivity index (χ2n) is 13.1. The average molecular weight is 766 g/mol. The van der Waals surface area contributed by atoms with Gasteiger partial charge in [0.25, 0.3) is 0 Å². The zero-order valence-corrected chi connectivity index (χ0v) is 31.2. The molecule has 1 amide bonds. The number of carbonyl (C=O) groups is 1. The van der Waals surface area contributed by atoms with Crippen molar-refractivity contribution in [2.45, 2.75) is 28.9 Å². The Hall–Kier alpha value is -5.41. The number of rotatable bonds is 12. The van der Waals surface area contributed by atoms with Crippen molar-refractivity contribution in [2.75, 3.05) is 39.8 Å². The van der Waals surface area contributed by atoms with Gasteiger partial charge in [0, 0.05) is 92.1 Å². The van der Waals surface area contributed by atoms with Crippen molar-refractivity contribution < 1.29 is 30.6 Å². The van der Waals surface area contributed by atoms with E-state index in [4.69, 9.17) is 8.92 Å². The third-order valence-electron chi connectivity index (χ3n) is 9.63. The van der Waals surface area contributed by atoms with Gasteiger partial charge in [-0.1, -0.05) is 66.7 Å². The predicted molar refractivity (Wildman–Crippen MR) is 205 cm³/mol. The molecule has 54 heavy (non-hydrogen) atoms. The third kappa shape index (κ3) is 8.21. The highest BCUT2D eigenvalue weighted by molar-refractivity contribution is 7.89. The second-order valence-corrected chi connectivity index (χ2v) is 16.6. The summed E-state index contributed by atoms with van der Waals surface area (Å²) in [4.78, 5) is 25.1. The van der Waals surface area contributed by atoms with Gasteiger partial charge in [-0.05, 0) is 53.9 Å². The second kappa shape index (κ2) is 15.9. The number of hydrogen-bond acceptors (Lipinski definition) is 10. The number of carbonyl (C=O) groups excluding carboxylic acids is 1. The van der Waals surface area contributed by atoms with Crippen molar-refractivity contribution in [1.29, 1.82) is 0 Å². The van der Waals surface area contributed by atoms with E-state index >= 15 is 0 Å². The molecule has 0 aliphatic carbocycles. The molecular weight excluding hydrogens is 727 g/mol. The molecule has 278 valence electrons. The number of hydrogen-bond donors (Lipinski definition) is 0. The van der Waals surface area contributed by atoms with Crippen molar-refractivity contribution in [3.63, 3.8) is 0 Å². The highest BCUT2D eigenvalue weighted by atomic mass is 32.2. The summed E-state index contributed by atoms with van der Waals surface area (Å²) in [6.45, 7) is 2.49. The Morgan fingerprint density at radius 2 is 1.33 bits per heavy atom. The number of piperazine rings is 1. The number of amides is 1. The van der Waals surface area contributed by atoms with E-state index in [2.05, 4.69) is 14.9 Å². The standard InChI is InChI=1S/C40H39N5O7S2/c1-43(53(47,48)38-11-5-9-32-26-41-19-17-36(32)38)34(28-44-21-23-45(24-22-44)40(46)51-29-31-7-3-2-4-8-31)25-30-13-15-35(16-14-30)52-54(49,50)39-12-6-10-33-27-42-20-18-37(33)39/h2-20,26-27,34H,21-25,28-29H2,1H3. The Morgan fingerprint density at radius 1 is 0.722 bits per heavy atom. The van der Waals surface area contributed by atoms with Gasteiger partial charge in [-0.25, -0.2) is 13.2 Å². The van der Waals surface area contributed by atoms with Crippen LogP contribution in [0.15, 0.2) is 138 Å². The van der Waals surface area contributed by atoms with Gasteiger partial charge in [-0.3, -0.25) is 14.9 Å². The molecule has 1 unspecified atom stereocenters. The van der Waals surface area contributed by atoms with Crippen LogP contribution in [-0.4, -0.2) is 92.8 Å². The molecule has 0 bridgehead atoms. The van der Waals surface area contributed by atoms with Crippen molar-refractivity contribution >= 4 is 47.8 Å². The Kier molecular flexibility index (Phi) is 10.9. The lowest BCUT2D eigenvalue weighted by atomic mass is 10.0. The van der Waals surface area contributed by atoms with E-state index in [-0.39, 0.29) is 28.2 Å². The first-order valence-electron chi connectivity index (χ1n) is 17.4. The molecule has 0 N–H and O–H groups in total. The number of ether oxygens (including phenoxy) is 1. The quantitative estimate of drug-likeness (QED) is 0.142. The molecule has 0 spiro atoms. The molecule has 1 saturated heterocycles. The van der Waals surface area contributed by atoms with Gasteiger partial charge in [0.1, 0.15) is 17.3 Å². The lowest BCUT2D eigenvalue weighted by Gasteiger charge is -2.38. The number of pyridine rings is 2. The van der Waals surface area contributed by atoms with Gasteiger partial charge >= 0.3 is 16.2 Å². The predicted octanol–water partition coefficient (Wildman–Crippen LogP) is 5.74. The van der Waals surface area contributed by atoms with E-state index in [9.17, 15) is 21.6 Å². The van der Waals surface area contributed by atoms with E-state index in [1.807, 2.05) is 36.4 Å². The summed E-state index contributed by atoms with van der Waals surface area (Å²) in [5.41, 5.74) is 1.69. The first-order valence-corrected chi connectivity index (χ1v) is 20.3. The average Bonchev–Trinajstić information content (AvgIpc) is 3.20.